The summed E-state index contributed by atoms with van der Waals surface area (Å²) < 4.78 is 25.1. The Balaban J connectivity index is 2.48. The largest absolute Gasteiger partial charge is 0.478 e. The Bertz CT molecular complexity index is 752. The Kier molecular flexibility index (Phi) is 4.31. The SMILES string of the molecule is CN(C)S(=O)(=O)c1ccc(Nc2ccsc2)c(C(=O)O)c1. The minimum atomic E-state index is -3.67. The molecule has 0 bridgehead atoms. The summed E-state index contributed by atoms with van der Waals surface area (Å²) in [5, 5.41) is 15.9. The highest BCUT2D eigenvalue weighted by Crippen LogP contribution is 2.26. The van der Waals surface area contributed by atoms with Gasteiger partial charge in [-0.25, -0.2) is 17.5 Å². The highest BCUT2D eigenvalue weighted by molar-refractivity contribution is 7.89. The zero-order chi connectivity index (χ0) is 15.6. The molecule has 112 valence electrons. The molecule has 0 saturated heterocycles. The van der Waals surface area contributed by atoms with Gasteiger partial charge in [0, 0.05) is 25.2 Å². The molecule has 6 nitrogen and oxygen atoms in total. The second-order valence-electron chi connectivity index (χ2n) is 4.44. The van der Waals surface area contributed by atoms with Crippen molar-refractivity contribution in [2.24, 2.45) is 0 Å². The van der Waals surface area contributed by atoms with E-state index in [9.17, 15) is 18.3 Å². The van der Waals surface area contributed by atoms with E-state index in [4.69, 9.17) is 0 Å². The van der Waals surface area contributed by atoms with Gasteiger partial charge in [-0.1, -0.05) is 0 Å². The Morgan fingerprint density at radius 1 is 1.29 bits per heavy atom. The molecule has 1 aromatic carbocycles. The average molecular weight is 326 g/mol. The van der Waals surface area contributed by atoms with E-state index >= 15 is 0 Å². The number of rotatable bonds is 5. The second kappa shape index (κ2) is 5.84. The van der Waals surface area contributed by atoms with E-state index in [1.54, 1.807) is 6.07 Å². The highest BCUT2D eigenvalue weighted by atomic mass is 32.2. The third-order valence-electron chi connectivity index (χ3n) is 2.80. The molecule has 0 radical (unpaired) electrons. The van der Waals surface area contributed by atoms with Gasteiger partial charge in [0.2, 0.25) is 10.0 Å². The van der Waals surface area contributed by atoms with Crippen molar-refractivity contribution in [3.8, 4) is 0 Å². The van der Waals surface area contributed by atoms with E-state index in [2.05, 4.69) is 5.32 Å². The lowest BCUT2D eigenvalue weighted by molar-refractivity contribution is 0.0697. The first-order valence-corrected chi connectivity index (χ1v) is 8.30. The molecular formula is C13H14N2O4S2. The van der Waals surface area contributed by atoms with Crippen molar-refractivity contribution in [2.45, 2.75) is 4.90 Å². The molecule has 0 unspecified atom stereocenters. The van der Waals surface area contributed by atoms with Crippen LogP contribution in [0.2, 0.25) is 0 Å². The molecule has 21 heavy (non-hydrogen) atoms. The van der Waals surface area contributed by atoms with Crippen LogP contribution in [0.3, 0.4) is 0 Å². The Labute approximate surface area is 126 Å². The number of hydrogen-bond acceptors (Lipinski definition) is 5. The predicted molar refractivity (Wildman–Crippen MR) is 81.9 cm³/mol. The Morgan fingerprint density at radius 2 is 2.00 bits per heavy atom. The first-order chi connectivity index (χ1) is 9.82. The van der Waals surface area contributed by atoms with Crippen molar-refractivity contribution in [3.63, 3.8) is 0 Å². The fraction of sp³-hybridized carbons (Fsp3) is 0.154. The number of aromatic carboxylic acids is 1. The van der Waals surface area contributed by atoms with E-state index in [-0.39, 0.29) is 10.5 Å². The number of nitrogens with one attached hydrogen (secondary N) is 1. The second-order valence-corrected chi connectivity index (χ2v) is 7.37. The maximum Gasteiger partial charge on any atom is 0.337 e. The van der Waals surface area contributed by atoms with Crippen molar-refractivity contribution in [3.05, 3.63) is 40.6 Å². The molecule has 0 saturated carbocycles. The Morgan fingerprint density at radius 3 is 2.52 bits per heavy atom. The van der Waals surface area contributed by atoms with Gasteiger partial charge in [-0.2, -0.15) is 11.3 Å². The minimum absolute atomic E-state index is 0.0548. The third kappa shape index (κ3) is 3.23. The maximum atomic E-state index is 12.0. The summed E-state index contributed by atoms with van der Waals surface area (Å²) in [4.78, 5) is 11.3. The minimum Gasteiger partial charge on any atom is -0.478 e. The van der Waals surface area contributed by atoms with Gasteiger partial charge < -0.3 is 10.4 Å². The predicted octanol–water partition coefficient (Wildman–Crippen LogP) is 2.44. The highest BCUT2D eigenvalue weighted by Gasteiger charge is 2.21. The van der Waals surface area contributed by atoms with Crippen LogP contribution in [0.15, 0.2) is 39.9 Å². The first-order valence-electron chi connectivity index (χ1n) is 5.91. The number of carbonyl (C=O) groups is 1. The van der Waals surface area contributed by atoms with Crippen molar-refractivity contribution < 1.29 is 18.3 Å². The van der Waals surface area contributed by atoms with Crippen LogP contribution in [0.4, 0.5) is 11.4 Å². The van der Waals surface area contributed by atoms with E-state index in [1.165, 1.54) is 37.6 Å². The summed E-state index contributed by atoms with van der Waals surface area (Å²) in [6, 6.07) is 5.81. The van der Waals surface area contributed by atoms with Crippen LogP contribution < -0.4 is 5.32 Å². The number of anilines is 2. The molecule has 1 aromatic heterocycles. The maximum absolute atomic E-state index is 12.0. The summed E-state index contributed by atoms with van der Waals surface area (Å²) in [7, 11) is -0.875. The van der Waals surface area contributed by atoms with Crippen LogP contribution >= 0.6 is 11.3 Å². The zero-order valence-electron chi connectivity index (χ0n) is 11.4. The van der Waals surface area contributed by atoms with E-state index in [0.29, 0.717) is 5.69 Å². The lowest BCUT2D eigenvalue weighted by Crippen LogP contribution is -2.22. The molecule has 8 heteroatoms. The average Bonchev–Trinajstić information content (AvgIpc) is 2.91. The van der Waals surface area contributed by atoms with Crippen LogP contribution in [0.5, 0.6) is 0 Å². The van der Waals surface area contributed by atoms with Crippen LogP contribution in [0.1, 0.15) is 10.4 Å². The number of carboxylic acid groups (broad SMARTS) is 1. The molecule has 0 fully saturated rings. The lowest BCUT2D eigenvalue weighted by atomic mass is 10.2. The number of hydrogen-bond donors (Lipinski definition) is 2. The molecule has 2 rings (SSSR count). The van der Waals surface area contributed by atoms with Crippen molar-refractivity contribution in [1.82, 2.24) is 4.31 Å². The summed E-state index contributed by atoms with van der Waals surface area (Å²) in [5.41, 5.74) is 1.01. The smallest absolute Gasteiger partial charge is 0.337 e. The molecule has 1 heterocycles. The number of thiophene rings is 1. The van der Waals surface area contributed by atoms with Crippen LogP contribution in [0.25, 0.3) is 0 Å². The van der Waals surface area contributed by atoms with Gasteiger partial charge in [-0.05, 0) is 29.6 Å². The van der Waals surface area contributed by atoms with Crippen molar-refractivity contribution >= 4 is 38.7 Å². The topological polar surface area (TPSA) is 86.7 Å². The van der Waals surface area contributed by atoms with Crippen molar-refractivity contribution in [1.29, 1.82) is 0 Å². The van der Waals surface area contributed by atoms with Gasteiger partial charge in [-0.15, -0.1) is 0 Å². The van der Waals surface area contributed by atoms with Crippen LogP contribution in [-0.4, -0.2) is 37.9 Å². The molecule has 2 aromatic rings. The van der Waals surface area contributed by atoms with Gasteiger partial charge in [0.15, 0.2) is 0 Å². The summed E-state index contributed by atoms with van der Waals surface area (Å²) >= 11 is 1.47. The monoisotopic (exact) mass is 326 g/mol. The molecule has 0 spiro atoms. The van der Waals surface area contributed by atoms with Gasteiger partial charge >= 0.3 is 5.97 Å². The summed E-state index contributed by atoms with van der Waals surface area (Å²) in [6.45, 7) is 0. The van der Waals surface area contributed by atoms with E-state index in [0.717, 1.165) is 16.1 Å². The van der Waals surface area contributed by atoms with Crippen LogP contribution in [-0.2, 0) is 10.0 Å². The zero-order valence-corrected chi connectivity index (χ0v) is 13.0. The van der Waals surface area contributed by atoms with Gasteiger partial charge in [0.1, 0.15) is 0 Å². The van der Waals surface area contributed by atoms with Gasteiger partial charge in [0.05, 0.1) is 16.1 Å². The molecule has 2 N–H and O–H groups in total. The number of sulfonamides is 1. The lowest BCUT2D eigenvalue weighted by Gasteiger charge is -2.14. The number of benzene rings is 1. The molecule has 0 atom stereocenters. The quantitative estimate of drug-likeness (QED) is 0.881. The fourth-order valence-electron chi connectivity index (χ4n) is 1.67. The van der Waals surface area contributed by atoms with E-state index < -0.39 is 16.0 Å². The normalized spacial score (nSPS) is 11.6. The van der Waals surface area contributed by atoms with Crippen LogP contribution in [0, 0.1) is 0 Å². The molecule has 0 aliphatic heterocycles. The number of carboxylic acids is 1. The van der Waals surface area contributed by atoms with Gasteiger partial charge in [-0.3, -0.25) is 0 Å². The third-order valence-corrected chi connectivity index (χ3v) is 5.29. The molecule has 0 amide bonds. The molecule has 0 aliphatic rings. The molecular weight excluding hydrogens is 312 g/mol. The number of nitrogens with zero attached hydrogens (tertiary/aromatic N) is 1. The van der Waals surface area contributed by atoms with E-state index in [1.807, 2.05) is 10.8 Å². The van der Waals surface area contributed by atoms with Gasteiger partial charge in [0.25, 0.3) is 0 Å². The standard InChI is InChI=1S/C13H14N2O4S2/c1-15(2)21(18,19)10-3-4-12(11(7-10)13(16)17)14-9-5-6-20-8-9/h3-8,14H,1-2H3,(H,16,17). The first kappa shape index (κ1) is 15.5. The van der Waals surface area contributed by atoms with Crippen molar-refractivity contribution in [2.75, 3.05) is 19.4 Å². The fourth-order valence-corrected chi connectivity index (χ4v) is 3.19. The summed E-state index contributed by atoms with van der Waals surface area (Å²) in [6.07, 6.45) is 0. The Hall–Kier alpha value is -1.90. The summed E-state index contributed by atoms with van der Waals surface area (Å²) in [5.74, 6) is -1.19. The molecule has 0 aliphatic carbocycles.